The van der Waals surface area contributed by atoms with Gasteiger partial charge in [-0.1, -0.05) is 43.2 Å². The molecule has 0 saturated heterocycles. The smallest absolute Gasteiger partial charge is 0.121 e. The predicted octanol–water partition coefficient (Wildman–Crippen LogP) is 3.36. The molecule has 0 aliphatic heterocycles. The van der Waals surface area contributed by atoms with Gasteiger partial charge in [0.15, 0.2) is 0 Å². The highest BCUT2D eigenvalue weighted by Gasteiger charge is 2.29. The third kappa shape index (κ3) is 2.01. The van der Waals surface area contributed by atoms with Crippen molar-refractivity contribution in [2.75, 3.05) is 5.73 Å². The summed E-state index contributed by atoms with van der Waals surface area (Å²) in [6.45, 7) is 0. The molecule has 3 nitrogen and oxygen atoms in total. The zero-order valence-corrected chi connectivity index (χ0v) is 10.5. The van der Waals surface area contributed by atoms with Gasteiger partial charge in [0, 0.05) is 5.92 Å². The summed E-state index contributed by atoms with van der Waals surface area (Å²) < 4.78 is 2.01. The van der Waals surface area contributed by atoms with Gasteiger partial charge in [0.1, 0.15) is 5.82 Å². The Morgan fingerprint density at radius 2 is 1.83 bits per heavy atom. The maximum Gasteiger partial charge on any atom is 0.121 e. The average molecular weight is 241 g/mol. The minimum atomic E-state index is 0.413. The Morgan fingerprint density at radius 1 is 1.06 bits per heavy atom. The van der Waals surface area contributed by atoms with Gasteiger partial charge in [-0.2, -0.15) is 5.10 Å². The SMILES string of the molecule is Nc1ccnn1C1CCCCC1c1ccccc1. The number of aromatic nitrogens is 2. The first-order valence-electron chi connectivity index (χ1n) is 6.70. The summed E-state index contributed by atoms with van der Waals surface area (Å²) in [7, 11) is 0. The van der Waals surface area contributed by atoms with Crippen LogP contribution in [-0.2, 0) is 0 Å². The van der Waals surface area contributed by atoms with Crippen molar-refractivity contribution in [3.8, 4) is 0 Å². The molecule has 1 fully saturated rings. The number of hydrogen-bond acceptors (Lipinski definition) is 2. The van der Waals surface area contributed by atoms with E-state index in [1.807, 2.05) is 10.7 Å². The van der Waals surface area contributed by atoms with Gasteiger partial charge in [-0.15, -0.1) is 0 Å². The van der Waals surface area contributed by atoms with Gasteiger partial charge in [-0.25, -0.2) is 4.68 Å². The second-order valence-corrected chi connectivity index (χ2v) is 5.07. The van der Waals surface area contributed by atoms with Crippen molar-refractivity contribution in [2.24, 2.45) is 0 Å². The number of nitrogens with zero attached hydrogens (tertiary/aromatic N) is 2. The maximum atomic E-state index is 6.01. The van der Waals surface area contributed by atoms with Gasteiger partial charge in [0.2, 0.25) is 0 Å². The average Bonchev–Trinajstić information content (AvgIpc) is 2.86. The fourth-order valence-corrected chi connectivity index (χ4v) is 3.09. The largest absolute Gasteiger partial charge is 0.384 e. The lowest BCUT2D eigenvalue weighted by atomic mass is 9.80. The highest BCUT2D eigenvalue weighted by molar-refractivity contribution is 5.29. The minimum absolute atomic E-state index is 0.413. The zero-order valence-electron chi connectivity index (χ0n) is 10.5. The van der Waals surface area contributed by atoms with Crippen LogP contribution in [0.5, 0.6) is 0 Å². The number of nitrogen functional groups attached to an aromatic ring is 1. The number of benzene rings is 1. The summed E-state index contributed by atoms with van der Waals surface area (Å²) in [5, 5.41) is 4.41. The topological polar surface area (TPSA) is 43.8 Å². The summed E-state index contributed by atoms with van der Waals surface area (Å²) in [4.78, 5) is 0. The Balaban J connectivity index is 1.94. The van der Waals surface area contributed by atoms with Gasteiger partial charge in [-0.3, -0.25) is 0 Å². The first-order chi connectivity index (χ1) is 8.86. The van der Waals surface area contributed by atoms with Gasteiger partial charge in [0.05, 0.1) is 12.2 Å². The lowest BCUT2D eigenvalue weighted by Crippen LogP contribution is -2.23. The monoisotopic (exact) mass is 241 g/mol. The van der Waals surface area contributed by atoms with E-state index < -0.39 is 0 Å². The molecule has 3 rings (SSSR count). The van der Waals surface area contributed by atoms with Crippen molar-refractivity contribution in [3.63, 3.8) is 0 Å². The lowest BCUT2D eigenvalue weighted by molar-refractivity contribution is 0.288. The molecule has 0 spiro atoms. The predicted molar refractivity (Wildman–Crippen MR) is 73.3 cm³/mol. The molecule has 2 atom stereocenters. The lowest BCUT2D eigenvalue weighted by Gasteiger charge is -2.32. The Kier molecular flexibility index (Phi) is 3.05. The van der Waals surface area contributed by atoms with E-state index in [4.69, 9.17) is 5.73 Å². The fraction of sp³-hybridized carbons (Fsp3) is 0.400. The van der Waals surface area contributed by atoms with E-state index in [0.29, 0.717) is 12.0 Å². The van der Waals surface area contributed by atoms with E-state index in [0.717, 1.165) is 5.82 Å². The third-order valence-electron chi connectivity index (χ3n) is 3.97. The normalized spacial score (nSPS) is 24.0. The van der Waals surface area contributed by atoms with E-state index >= 15 is 0 Å². The van der Waals surface area contributed by atoms with E-state index in [1.54, 1.807) is 6.20 Å². The summed E-state index contributed by atoms with van der Waals surface area (Å²) in [5.41, 5.74) is 7.43. The van der Waals surface area contributed by atoms with Crippen molar-refractivity contribution >= 4 is 5.82 Å². The molecule has 1 aliphatic carbocycles. The first kappa shape index (κ1) is 11.3. The van der Waals surface area contributed by atoms with Gasteiger partial charge in [0.25, 0.3) is 0 Å². The molecule has 1 saturated carbocycles. The molecular weight excluding hydrogens is 222 g/mol. The quantitative estimate of drug-likeness (QED) is 0.876. The van der Waals surface area contributed by atoms with Crippen LogP contribution in [0.1, 0.15) is 43.2 Å². The highest BCUT2D eigenvalue weighted by Crippen LogP contribution is 2.41. The molecule has 1 aliphatic rings. The van der Waals surface area contributed by atoms with Crippen LogP contribution in [0.2, 0.25) is 0 Å². The summed E-state index contributed by atoms with van der Waals surface area (Å²) in [5.74, 6) is 1.32. The molecule has 1 heterocycles. The molecule has 94 valence electrons. The third-order valence-corrected chi connectivity index (χ3v) is 3.97. The number of anilines is 1. The summed E-state index contributed by atoms with van der Waals surface area (Å²) in [6.07, 6.45) is 6.77. The standard InChI is InChI=1S/C15H19N3/c16-15-10-11-17-18(15)14-9-5-4-8-13(14)12-6-2-1-3-7-12/h1-3,6-7,10-11,13-14H,4-5,8-9,16H2. The van der Waals surface area contributed by atoms with Crippen LogP contribution in [-0.4, -0.2) is 9.78 Å². The van der Waals surface area contributed by atoms with Crippen LogP contribution < -0.4 is 5.73 Å². The van der Waals surface area contributed by atoms with Gasteiger partial charge < -0.3 is 5.73 Å². The van der Waals surface area contributed by atoms with Crippen molar-refractivity contribution in [1.29, 1.82) is 0 Å². The number of nitrogens with two attached hydrogens (primary N) is 1. The van der Waals surface area contributed by atoms with Crippen molar-refractivity contribution in [1.82, 2.24) is 9.78 Å². The molecule has 3 heteroatoms. The number of rotatable bonds is 2. The zero-order chi connectivity index (χ0) is 12.4. The second-order valence-electron chi connectivity index (χ2n) is 5.07. The summed E-state index contributed by atoms with van der Waals surface area (Å²) in [6, 6.07) is 13.1. The molecule has 1 aromatic carbocycles. The van der Waals surface area contributed by atoms with Crippen molar-refractivity contribution < 1.29 is 0 Å². The van der Waals surface area contributed by atoms with Gasteiger partial charge in [-0.05, 0) is 24.5 Å². The van der Waals surface area contributed by atoms with E-state index in [9.17, 15) is 0 Å². The van der Waals surface area contributed by atoms with Crippen LogP contribution in [0.4, 0.5) is 5.82 Å². The highest BCUT2D eigenvalue weighted by atomic mass is 15.3. The van der Waals surface area contributed by atoms with Crippen LogP contribution in [0, 0.1) is 0 Å². The van der Waals surface area contributed by atoms with Crippen LogP contribution in [0.25, 0.3) is 0 Å². The molecule has 0 amide bonds. The molecule has 0 radical (unpaired) electrons. The Morgan fingerprint density at radius 3 is 2.56 bits per heavy atom. The van der Waals surface area contributed by atoms with E-state index in [-0.39, 0.29) is 0 Å². The fourth-order valence-electron chi connectivity index (χ4n) is 3.09. The Hall–Kier alpha value is -1.77. The minimum Gasteiger partial charge on any atom is -0.384 e. The second kappa shape index (κ2) is 4.84. The molecule has 2 N–H and O–H groups in total. The molecule has 2 aromatic rings. The van der Waals surface area contributed by atoms with Gasteiger partial charge >= 0.3 is 0 Å². The van der Waals surface area contributed by atoms with E-state index in [2.05, 4.69) is 35.4 Å². The maximum absolute atomic E-state index is 6.01. The Labute approximate surface area is 108 Å². The molecular formula is C15H19N3. The molecule has 0 bridgehead atoms. The first-order valence-corrected chi connectivity index (χ1v) is 6.70. The molecule has 2 unspecified atom stereocenters. The number of hydrogen-bond donors (Lipinski definition) is 1. The van der Waals surface area contributed by atoms with Crippen molar-refractivity contribution in [2.45, 2.75) is 37.6 Å². The molecule has 18 heavy (non-hydrogen) atoms. The van der Waals surface area contributed by atoms with Crippen molar-refractivity contribution in [3.05, 3.63) is 48.2 Å². The van der Waals surface area contributed by atoms with Crippen LogP contribution in [0.3, 0.4) is 0 Å². The Bertz CT molecular complexity index is 503. The molecule has 1 aromatic heterocycles. The van der Waals surface area contributed by atoms with Crippen LogP contribution >= 0.6 is 0 Å². The van der Waals surface area contributed by atoms with E-state index in [1.165, 1.54) is 31.2 Å². The van der Waals surface area contributed by atoms with Crippen LogP contribution in [0.15, 0.2) is 42.6 Å². The summed E-state index contributed by atoms with van der Waals surface area (Å²) >= 11 is 0.